The lowest BCUT2D eigenvalue weighted by molar-refractivity contribution is 0.0512. The minimum absolute atomic E-state index is 0.0264. The number of nitrogens with zero attached hydrogens (tertiary/aromatic N) is 4. The molecule has 2 aromatic carbocycles. The summed E-state index contributed by atoms with van der Waals surface area (Å²) in [5.41, 5.74) is 4.51. The molecule has 6 rings (SSSR count). The fourth-order valence-electron chi connectivity index (χ4n) is 4.61. The van der Waals surface area contributed by atoms with Gasteiger partial charge < -0.3 is 4.74 Å². The van der Waals surface area contributed by atoms with Crippen LogP contribution < -0.4 is 0 Å². The molecule has 0 bridgehead atoms. The minimum atomic E-state index is -0.450. The summed E-state index contributed by atoms with van der Waals surface area (Å²) >= 11 is 1.40. The number of ether oxygens (including phenoxy) is 1. The molecule has 180 valence electrons. The summed E-state index contributed by atoms with van der Waals surface area (Å²) in [7, 11) is 0. The molecular weight excluding hydrogens is 475 g/mol. The Morgan fingerprint density at radius 2 is 1.92 bits per heavy atom. The zero-order chi connectivity index (χ0) is 24.7. The first-order valence-electron chi connectivity index (χ1n) is 11.9. The van der Waals surface area contributed by atoms with E-state index in [1.807, 2.05) is 18.2 Å². The molecule has 5 aromatic rings. The summed E-state index contributed by atoms with van der Waals surface area (Å²) in [4.78, 5) is 22.5. The molecule has 0 saturated heterocycles. The summed E-state index contributed by atoms with van der Waals surface area (Å²) in [6.07, 6.45) is 3.68. The van der Waals surface area contributed by atoms with Gasteiger partial charge in [-0.15, -0.1) is 0 Å². The Labute approximate surface area is 211 Å². The van der Waals surface area contributed by atoms with Gasteiger partial charge in [0.15, 0.2) is 0 Å². The second-order valence-electron chi connectivity index (χ2n) is 8.90. The lowest BCUT2D eigenvalue weighted by Gasteiger charge is -2.14. The van der Waals surface area contributed by atoms with Crippen molar-refractivity contribution in [1.82, 2.24) is 19.7 Å². The van der Waals surface area contributed by atoms with Crippen molar-refractivity contribution in [3.63, 3.8) is 0 Å². The van der Waals surface area contributed by atoms with Crippen molar-refractivity contribution in [2.24, 2.45) is 0 Å². The second kappa shape index (κ2) is 8.95. The smallest absolute Gasteiger partial charge is 0.356 e. The van der Waals surface area contributed by atoms with E-state index in [0.717, 1.165) is 28.9 Å². The molecule has 1 aliphatic carbocycles. The molecule has 1 aliphatic rings. The number of hydrogen-bond donors (Lipinski definition) is 0. The highest BCUT2D eigenvalue weighted by Gasteiger charge is 2.47. The molecule has 0 unspecified atom stereocenters. The molecule has 1 fully saturated rings. The predicted molar refractivity (Wildman–Crippen MR) is 137 cm³/mol. The maximum absolute atomic E-state index is 15.2. The predicted octanol–water partition coefficient (Wildman–Crippen LogP) is 6.00. The number of aromatic nitrogens is 4. The van der Waals surface area contributed by atoms with Gasteiger partial charge >= 0.3 is 5.97 Å². The standard InChI is InChI=1S/C28H23FN4O2S/c1-2-35-27(34)23-12-15-30-33(23)17-18-8-9-20(21(29)16-18)25-31-22-10-11-24(32-26(22)36-25)28(13-14-28)19-6-4-3-5-7-19/h3-12,15-16H,2,13-14,17H2,1H3. The van der Waals surface area contributed by atoms with Gasteiger partial charge in [-0.3, -0.25) is 4.68 Å². The number of halogens is 1. The minimum Gasteiger partial charge on any atom is -0.461 e. The fraction of sp³-hybridized carbons (Fsp3) is 0.214. The summed E-state index contributed by atoms with van der Waals surface area (Å²) < 4.78 is 21.8. The fourth-order valence-corrected chi connectivity index (χ4v) is 5.58. The van der Waals surface area contributed by atoms with Crippen molar-refractivity contribution in [3.05, 3.63) is 101 Å². The van der Waals surface area contributed by atoms with Crippen LogP contribution in [0.1, 0.15) is 47.1 Å². The zero-order valence-corrected chi connectivity index (χ0v) is 20.5. The number of thiazole rings is 1. The van der Waals surface area contributed by atoms with Crippen LogP contribution in [0.15, 0.2) is 72.9 Å². The van der Waals surface area contributed by atoms with Crippen LogP contribution in [0.3, 0.4) is 0 Å². The first kappa shape index (κ1) is 22.5. The summed E-state index contributed by atoms with van der Waals surface area (Å²) in [5, 5.41) is 4.78. The van der Waals surface area contributed by atoms with Crippen LogP contribution >= 0.6 is 11.3 Å². The van der Waals surface area contributed by atoms with E-state index in [2.05, 4.69) is 40.4 Å². The molecule has 0 atom stereocenters. The average Bonchev–Trinajstić information content (AvgIpc) is 3.38. The number of rotatable bonds is 7. The number of pyridine rings is 1. The Kier molecular flexibility index (Phi) is 5.60. The molecule has 0 radical (unpaired) electrons. The maximum atomic E-state index is 15.2. The third-order valence-corrected chi connectivity index (χ3v) is 7.62. The molecule has 36 heavy (non-hydrogen) atoms. The lowest BCUT2D eigenvalue weighted by Crippen LogP contribution is -2.14. The first-order valence-corrected chi connectivity index (χ1v) is 12.7. The van der Waals surface area contributed by atoms with Gasteiger partial charge in [0.25, 0.3) is 0 Å². The van der Waals surface area contributed by atoms with Crippen molar-refractivity contribution in [2.75, 3.05) is 6.61 Å². The Morgan fingerprint density at radius 3 is 2.67 bits per heavy atom. The van der Waals surface area contributed by atoms with E-state index in [1.165, 1.54) is 33.8 Å². The Bertz CT molecular complexity index is 1570. The molecule has 0 aliphatic heterocycles. The quantitative estimate of drug-likeness (QED) is 0.258. The summed E-state index contributed by atoms with van der Waals surface area (Å²) in [5.74, 6) is -0.826. The van der Waals surface area contributed by atoms with Gasteiger partial charge in [0.2, 0.25) is 0 Å². The Hall–Kier alpha value is -3.91. The van der Waals surface area contributed by atoms with Crippen LogP contribution in [0.5, 0.6) is 0 Å². The molecule has 0 N–H and O–H groups in total. The van der Waals surface area contributed by atoms with Crippen molar-refractivity contribution in [2.45, 2.75) is 31.7 Å². The van der Waals surface area contributed by atoms with Crippen LogP contribution in [-0.2, 0) is 16.7 Å². The van der Waals surface area contributed by atoms with Crippen molar-refractivity contribution in [1.29, 1.82) is 0 Å². The summed E-state index contributed by atoms with van der Waals surface area (Å²) in [6.45, 7) is 2.28. The second-order valence-corrected chi connectivity index (χ2v) is 9.87. The number of esters is 1. The topological polar surface area (TPSA) is 69.9 Å². The van der Waals surface area contributed by atoms with Gasteiger partial charge in [-0.2, -0.15) is 5.10 Å². The maximum Gasteiger partial charge on any atom is 0.356 e. The van der Waals surface area contributed by atoms with Crippen LogP contribution in [0.4, 0.5) is 4.39 Å². The summed E-state index contributed by atoms with van der Waals surface area (Å²) in [6, 6.07) is 21.1. The zero-order valence-electron chi connectivity index (χ0n) is 19.6. The number of benzene rings is 2. The van der Waals surface area contributed by atoms with Crippen molar-refractivity contribution >= 4 is 27.7 Å². The average molecular weight is 499 g/mol. The van der Waals surface area contributed by atoms with Crippen LogP contribution in [0.2, 0.25) is 0 Å². The van der Waals surface area contributed by atoms with Crippen molar-refractivity contribution in [3.8, 4) is 10.6 Å². The lowest BCUT2D eigenvalue weighted by atomic mass is 9.92. The van der Waals surface area contributed by atoms with Gasteiger partial charge in [0, 0.05) is 17.2 Å². The van der Waals surface area contributed by atoms with E-state index in [0.29, 0.717) is 21.8 Å². The molecule has 8 heteroatoms. The number of hydrogen-bond acceptors (Lipinski definition) is 6. The van der Waals surface area contributed by atoms with Crippen LogP contribution in [0.25, 0.3) is 20.9 Å². The van der Waals surface area contributed by atoms with Gasteiger partial charge in [0.05, 0.1) is 18.8 Å². The number of carbonyl (C=O) groups is 1. The SMILES string of the molecule is CCOC(=O)c1ccnn1Cc1ccc(-c2nc3ccc(C4(c5ccccc5)CC4)nc3s2)c(F)c1. The van der Waals surface area contributed by atoms with E-state index in [-0.39, 0.29) is 24.4 Å². The molecular formula is C28H23FN4O2S. The van der Waals surface area contributed by atoms with Gasteiger partial charge in [-0.05, 0) is 61.2 Å². The highest BCUT2D eigenvalue weighted by Crippen LogP contribution is 2.53. The Balaban J connectivity index is 1.27. The van der Waals surface area contributed by atoms with Gasteiger partial charge in [-0.25, -0.2) is 19.2 Å². The molecule has 3 heterocycles. The third kappa shape index (κ3) is 3.97. The molecule has 0 spiro atoms. The molecule has 1 saturated carbocycles. The highest BCUT2D eigenvalue weighted by atomic mass is 32.1. The van der Waals surface area contributed by atoms with Gasteiger partial charge in [0.1, 0.15) is 26.9 Å². The Morgan fingerprint density at radius 1 is 1.08 bits per heavy atom. The van der Waals surface area contributed by atoms with E-state index in [4.69, 9.17) is 9.72 Å². The third-order valence-electron chi connectivity index (χ3n) is 6.62. The van der Waals surface area contributed by atoms with E-state index in [9.17, 15) is 4.79 Å². The van der Waals surface area contributed by atoms with E-state index in [1.54, 1.807) is 19.1 Å². The molecule has 0 amide bonds. The van der Waals surface area contributed by atoms with Crippen molar-refractivity contribution < 1.29 is 13.9 Å². The number of fused-ring (bicyclic) bond motifs is 1. The van der Waals surface area contributed by atoms with E-state index >= 15 is 4.39 Å². The first-order chi connectivity index (χ1) is 17.6. The highest BCUT2D eigenvalue weighted by molar-refractivity contribution is 7.21. The van der Waals surface area contributed by atoms with Gasteiger partial charge in [-0.1, -0.05) is 47.7 Å². The molecule has 6 nitrogen and oxygen atoms in total. The number of carbonyl (C=O) groups excluding carboxylic acids is 1. The largest absolute Gasteiger partial charge is 0.461 e. The van der Waals surface area contributed by atoms with Crippen LogP contribution in [0, 0.1) is 5.82 Å². The molecule has 3 aromatic heterocycles. The monoisotopic (exact) mass is 498 g/mol. The van der Waals surface area contributed by atoms with E-state index < -0.39 is 5.97 Å². The normalized spacial score (nSPS) is 14.2. The van der Waals surface area contributed by atoms with Crippen LogP contribution in [-0.4, -0.2) is 32.3 Å².